The SMILES string of the molecule is Cc1ccn(C([SiH3])(n2ccc(C)n2)n2ccc(C)n2)n1. The Bertz CT molecular complexity index is 639. The molecule has 0 aliphatic heterocycles. The summed E-state index contributed by atoms with van der Waals surface area (Å²) in [6, 6.07) is 6.00. The van der Waals surface area contributed by atoms with Crippen molar-refractivity contribution in [3.05, 3.63) is 53.9 Å². The summed E-state index contributed by atoms with van der Waals surface area (Å²) >= 11 is 0. The number of hydrogen-bond donors (Lipinski definition) is 0. The molecule has 104 valence electrons. The molecule has 3 heterocycles. The van der Waals surface area contributed by atoms with Crippen LogP contribution in [0.25, 0.3) is 0 Å². The summed E-state index contributed by atoms with van der Waals surface area (Å²) in [5, 5.41) is 13.8. The molecule has 3 aromatic heterocycles. The molecule has 0 bridgehead atoms. The van der Waals surface area contributed by atoms with Gasteiger partial charge in [-0.2, -0.15) is 15.3 Å². The van der Waals surface area contributed by atoms with Crippen molar-refractivity contribution in [2.75, 3.05) is 0 Å². The topological polar surface area (TPSA) is 53.5 Å². The molecule has 0 saturated carbocycles. The summed E-state index contributed by atoms with van der Waals surface area (Å²) in [7, 11) is 0.772. The second-order valence-electron chi connectivity index (χ2n) is 5.18. The smallest absolute Gasteiger partial charge is 0.217 e. The molecule has 0 aliphatic rings. The summed E-state index contributed by atoms with van der Waals surface area (Å²) in [4.78, 5) is 0. The lowest BCUT2D eigenvalue weighted by Gasteiger charge is -2.31. The summed E-state index contributed by atoms with van der Waals surface area (Å²) in [5.41, 5.74) is 2.45. The quantitative estimate of drug-likeness (QED) is 0.648. The van der Waals surface area contributed by atoms with Gasteiger partial charge >= 0.3 is 0 Å². The number of nitrogens with zero attached hydrogens (tertiary/aromatic N) is 6. The summed E-state index contributed by atoms with van der Waals surface area (Å²) in [5.74, 6) is 0. The van der Waals surface area contributed by atoms with Crippen molar-refractivity contribution in [1.29, 1.82) is 0 Å². The van der Waals surface area contributed by atoms with Crippen molar-refractivity contribution < 1.29 is 0 Å². The van der Waals surface area contributed by atoms with Crippen LogP contribution in [0.3, 0.4) is 0 Å². The predicted octanol–water partition coefficient (Wildman–Crippen LogP) is 0.231. The zero-order valence-electron chi connectivity index (χ0n) is 12.1. The van der Waals surface area contributed by atoms with Crippen molar-refractivity contribution in [2.24, 2.45) is 0 Å². The van der Waals surface area contributed by atoms with E-state index in [2.05, 4.69) is 15.3 Å². The highest BCUT2D eigenvalue weighted by atomic mass is 28.1. The van der Waals surface area contributed by atoms with Gasteiger partial charge in [-0.15, -0.1) is 0 Å². The summed E-state index contributed by atoms with van der Waals surface area (Å²) in [6.45, 7) is 5.96. The summed E-state index contributed by atoms with van der Waals surface area (Å²) < 4.78 is 5.81. The molecule has 3 rings (SSSR count). The lowest BCUT2D eigenvalue weighted by molar-refractivity contribution is 0.224. The molecule has 0 unspecified atom stereocenters. The molecule has 3 aromatic rings. The molecular weight excluding hydrogens is 268 g/mol. The fourth-order valence-electron chi connectivity index (χ4n) is 2.27. The molecule has 0 saturated heterocycles. The fourth-order valence-corrected chi connectivity index (χ4v) is 3.02. The predicted molar refractivity (Wildman–Crippen MR) is 79.6 cm³/mol. The molecule has 0 atom stereocenters. The van der Waals surface area contributed by atoms with Gasteiger partial charge in [0.1, 0.15) is 0 Å². The van der Waals surface area contributed by atoms with Crippen LogP contribution in [0.5, 0.6) is 0 Å². The van der Waals surface area contributed by atoms with Gasteiger partial charge in [-0.05, 0) is 39.0 Å². The number of aryl methyl sites for hydroxylation is 3. The molecule has 0 radical (unpaired) electrons. The average molecular weight is 286 g/mol. The third kappa shape index (κ3) is 1.90. The maximum Gasteiger partial charge on any atom is 0.217 e. The maximum absolute atomic E-state index is 4.58. The van der Waals surface area contributed by atoms with Crippen LogP contribution in [-0.2, 0) is 5.41 Å². The first kappa shape index (κ1) is 12.9. The van der Waals surface area contributed by atoms with E-state index in [1.807, 2.05) is 71.6 Å². The van der Waals surface area contributed by atoms with Crippen molar-refractivity contribution in [2.45, 2.75) is 26.2 Å². The Labute approximate surface area is 120 Å². The highest BCUT2D eigenvalue weighted by molar-refractivity contribution is 6.13. The van der Waals surface area contributed by atoms with Gasteiger partial charge in [-0.1, -0.05) is 0 Å². The molecule has 0 aliphatic carbocycles. The largest absolute Gasteiger partial charge is 0.230 e. The third-order valence-electron chi connectivity index (χ3n) is 3.47. The number of aromatic nitrogens is 6. The van der Waals surface area contributed by atoms with Crippen LogP contribution in [-0.4, -0.2) is 39.6 Å². The minimum atomic E-state index is -0.503. The van der Waals surface area contributed by atoms with Crippen LogP contribution < -0.4 is 0 Å². The minimum Gasteiger partial charge on any atom is -0.230 e. The van der Waals surface area contributed by atoms with Crippen LogP contribution in [0.4, 0.5) is 0 Å². The zero-order chi connectivity index (χ0) is 14.3. The van der Waals surface area contributed by atoms with Crippen molar-refractivity contribution in [1.82, 2.24) is 29.3 Å². The van der Waals surface area contributed by atoms with E-state index >= 15 is 0 Å². The minimum absolute atomic E-state index is 0.503. The second kappa shape index (κ2) is 4.45. The van der Waals surface area contributed by atoms with E-state index in [1.54, 1.807) is 0 Å². The molecule has 20 heavy (non-hydrogen) atoms. The lowest BCUT2D eigenvalue weighted by atomic mass is 10.5. The third-order valence-corrected chi connectivity index (χ3v) is 4.84. The van der Waals surface area contributed by atoms with E-state index in [1.165, 1.54) is 0 Å². The molecule has 6 nitrogen and oxygen atoms in total. The van der Waals surface area contributed by atoms with Crippen LogP contribution >= 0.6 is 0 Å². The lowest BCUT2D eigenvalue weighted by Crippen LogP contribution is -2.49. The van der Waals surface area contributed by atoms with E-state index in [9.17, 15) is 0 Å². The average Bonchev–Trinajstić information content (AvgIpc) is 3.10. The van der Waals surface area contributed by atoms with Gasteiger partial charge in [0.15, 0.2) is 0 Å². The van der Waals surface area contributed by atoms with Gasteiger partial charge in [0.2, 0.25) is 5.41 Å². The van der Waals surface area contributed by atoms with Gasteiger partial charge in [0.25, 0.3) is 0 Å². The first-order valence-corrected chi connectivity index (χ1v) is 7.58. The van der Waals surface area contributed by atoms with Gasteiger partial charge in [0, 0.05) is 18.6 Å². The van der Waals surface area contributed by atoms with Crippen molar-refractivity contribution in [3.63, 3.8) is 0 Å². The highest BCUT2D eigenvalue weighted by Crippen LogP contribution is 2.17. The molecular formula is C13H18N6Si. The molecule has 0 amide bonds. The molecule has 0 N–H and O–H groups in total. The van der Waals surface area contributed by atoms with Gasteiger partial charge in [0.05, 0.1) is 27.3 Å². The zero-order valence-corrected chi connectivity index (χ0v) is 14.1. The van der Waals surface area contributed by atoms with E-state index < -0.39 is 5.41 Å². The van der Waals surface area contributed by atoms with Crippen LogP contribution in [0, 0.1) is 20.8 Å². The van der Waals surface area contributed by atoms with Gasteiger partial charge in [-0.25, -0.2) is 14.0 Å². The first-order valence-electron chi connectivity index (χ1n) is 6.58. The second-order valence-corrected chi connectivity index (χ2v) is 6.52. The Kier molecular flexibility index (Phi) is 2.86. The highest BCUT2D eigenvalue weighted by Gasteiger charge is 2.32. The maximum atomic E-state index is 4.58. The molecule has 0 aromatic carbocycles. The van der Waals surface area contributed by atoms with Gasteiger partial charge in [-0.3, -0.25) is 0 Å². The Morgan fingerprint density at radius 1 is 0.750 bits per heavy atom. The van der Waals surface area contributed by atoms with E-state index in [0.29, 0.717) is 0 Å². The number of hydrogen-bond acceptors (Lipinski definition) is 3. The molecule has 0 fully saturated rings. The Morgan fingerprint density at radius 3 is 1.25 bits per heavy atom. The van der Waals surface area contributed by atoms with Crippen LogP contribution in [0.2, 0.25) is 0 Å². The number of rotatable bonds is 3. The summed E-state index contributed by atoms with van der Waals surface area (Å²) in [6.07, 6.45) is 5.95. The Hall–Kier alpha value is -2.15. The van der Waals surface area contributed by atoms with Crippen molar-refractivity contribution >= 4 is 10.2 Å². The monoisotopic (exact) mass is 286 g/mol. The van der Waals surface area contributed by atoms with Crippen molar-refractivity contribution in [3.8, 4) is 0 Å². The Morgan fingerprint density at radius 2 is 1.05 bits per heavy atom. The first-order chi connectivity index (χ1) is 9.50. The van der Waals surface area contributed by atoms with E-state index in [0.717, 1.165) is 27.3 Å². The van der Waals surface area contributed by atoms with E-state index in [-0.39, 0.29) is 0 Å². The standard InChI is InChI=1S/C13H18N6Si/c1-10-4-7-17(14-10)13(20,18-8-5-11(2)15-18)19-9-6-12(3)16-19/h4-9H,1-3,20H3. The van der Waals surface area contributed by atoms with Crippen LogP contribution in [0.15, 0.2) is 36.8 Å². The fraction of sp³-hybridized carbons (Fsp3) is 0.308. The van der Waals surface area contributed by atoms with Crippen LogP contribution in [0.1, 0.15) is 17.1 Å². The van der Waals surface area contributed by atoms with Gasteiger partial charge < -0.3 is 0 Å². The normalized spacial score (nSPS) is 12.2. The Balaban J connectivity index is 2.22. The molecule has 0 spiro atoms. The molecule has 7 heteroatoms. The van der Waals surface area contributed by atoms with E-state index in [4.69, 9.17) is 0 Å².